The molecule has 1 spiro atoms. The van der Waals surface area contributed by atoms with Gasteiger partial charge in [-0.05, 0) is 24.7 Å². The third kappa shape index (κ3) is 2.74. The lowest BCUT2D eigenvalue weighted by Gasteiger charge is -2.48. The van der Waals surface area contributed by atoms with E-state index in [9.17, 15) is 27.9 Å². The van der Waals surface area contributed by atoms with Gasteiger partial charge in [-0.3, -0.25) is 9.59 Å². The molecule has 0 aromatic heterocycles. The summed E-state index contributed by atoms with van der Waals surface area (Å²) in [5, 5.41) is 9.30. The number of piperidine rings is 1. The molecule has 2 saturated heterocycles. The van der Waals surface area contributed by atoms with Crippen LogP contribution in [0.25, 0.3) is 0 Å². The van der Waals surface area contributed by atoms with E-state index < -0.39 is 29.4 Å². The highest BCUT2D eigenvalue weighted by atomic mass is 19.4. The Kier molecular flexibility index (Phi) is 3.95. The van der Waals surface area contributed by atoms with Crippen molar-refractivity contribution >= 4 is 11.9 Å². The van der Waals surface area contributed by atoms with Crippen molar-refractivity contribution in [1.29, 1.82) is 0 Å². The van der Waals surface area contributed by atoms with E-state index in [1.54, 1.807) is 0 Å². The van der Waals surface area contributed by atoms with Gasteiger partial charge in [0, 0.05) is 26.3 Å². The summed E-state index contributed by atoms with van der Waals surface area (Å²) in [7, 11) is 0. The van der Waals surface area contributed by atoms with Gasteiger partial charge in [0.1, 0.15) is 0 Å². The smallest absolute Gasteiger partial charge is 0.471 e. The molecular formula is C12H16F3NO4. The number of amides is 1. The average Bonchev–Trinajstić information content (AvgIpc) is 2.38. The monoisotopic (exact) mass is 295 g/mol. The van der Waals surface area contributed by atoms with Crippen molar-refractivity contribution in [2.75, 3.05) is 26.3 Å². The van der Waals surface area contributed by atoms with Gasteiger partial charge < -0.3 is 14.7 Å². The third-order valence-electron chi connectivity index (χ3n) is 4.34. The van der Waals surface area contributed by atoms with Gasteiger partial charge in [-0.1, -0.05) is 0 Å². The molecule has 0 aromatic rings. The molecule has 2 heterocycles. The van der Waals surface area contributed by atoms with Crippen LogP contribution in [0.2, 0.25) is 0 Å². The van der Waals surface area contributed by atoms with Crippen LogP contribution < -0.4 is 0 Å². The number of carboxylic acid groups (broad SMARTS) is 1. The van der Waals surface area contributed by atoms with E-state index in [4.69, 9.17) is 4.74 Å². The first-order chi connectivity index (χ1) is 9.26. The van der Waals surface area contributed by atoms with Crippen molar-refractivity contribution in [3.8, 4) is 0 Å². The van der Waals surface area contributed by atoms with Crippen molar-refractivity contribution in [3.05, 3.63) is 0 Å². The first-order valence-corrected chi connectivity index (χ1v) is 6.43. The van der Waals surface area contributed by atoms with E-state index in [1.807, 2.05) is 0 Å². The van der Waals surface area contributed by atoms with Gasteiger partial charge in [0.25, 0.3) is 0 Å². The highest BCUT2D eigenvalue weighted by molar-refractivity contribution is 5.83. The molecule has 1 amide bonds. The molecule has 1 N–H and O–H groups in total. The second-order valence-corrected chi connectivity index (χ2v) is 5.36. The zero-order chi connectivity index (χ0) is 15.0. The van der Waals surface area contributed by atoms with Crippen LogP contribution in [0, 0.1) is 11.3 Å². The molecule has 1 atom stereocenters. The molecule has 1 unspecified atom stereocenters. The zero-order valence-electron chi connectivity index (χ0n) is 10.8. The number of carboxylic acids is 1. The zero-order valence-corrected chi connectivity index (χ0v) is 10.8. The van der Waals surface area contributed by atoms with E-state index in [2.05, 4.69) is 0 Å². The number of rotatable bonds is 1. The molecule has 2 fully saturated rings. The quantitative estimate of drug-likeness (QED) is 0.791. The van der Waals surface area contributed by atoms with E-state index in [0.717, 1.165) is 0 Å². The molecule has 0 aliphatic carbocycles. The minimum atomic E-state index is -4.96. The Bertz CT molecular complexity index is 404. The maximum Gasteiger partial charge on any atom is 0.471 e. The van der Waals surface area contributed by atoms with Crippen molar-refractivity contribution in [3.63, 3.8) is 0 Å². The van der Waals surface area contributed by atoms with Crippen molar-refractivity contribution in [1.82, 2.24) is 4.90 Å². The van der Waals surface area contributed by atoms with Crippen molar-refractivity contribution in [2.45, 2.75) is 25.4 Å². The Balaban J connectivity index is 2.16. The van der Waals surface area contributed by atoms with Gasteiger partial charge in [-0.25, -0.2) is 0 Å². The number of hydrogen-bond acceptors (Lipinski definition) is 3. The topological polar surface area (TPSA) is 66.8 Å². The number of hydrogen-bond donors (Lipinski definition) is 1. The van der Waals surface area contributed by atoms with Crippen LogP contribution in [0.15, 0.2) is 0 Å². The van der Waals surface area contributed by atoms with Crippen molar-refractivity contribution in [2.24, 2.45) is 11.3 Å². The molecule has 0 saturated carbocycles. The van der Waals surface area contributed by atoms with E-state index >= 15 is 0 Å². The molecular weight excluding hydrogens is 279 g/mol. The molecule has 5 nitrogen and oxygen atoms in total. The number of halogens is 3. The van der Waals surface area contributed by atoms with Crippen LogP contribution in [0.5, 0.6) is 0 Å². The minimum absolute atomic E-state index is 0.0534. The average molecular weight is 295 g/mol. The van der Waals surface area contributed by atoms with Gasteiger partial charge in [0.05, 0.1) is 5.92 Å². The van der Waals surface area contributed by atoms with Gasteiger partial charge in [-0.2, -0.15) is 13.2 Å². The van der Waals surface area contributed by atoms with Crippen LogP contribution in [-0.4, -0.2) is 54.4 Å². The summed E-state index contributed by atoms with van der Waals surface area (Å²) in [6, 6.07) is 0. The summed E-state index contributed by atoms with van der Waals surface area (Å²) >= 11 is 0. The normalized spacial score (nSPS) is 26.6. The van der Waals surface area contributed by atoms with E-state index in [-0.39, 0.29) is 19.5 Å². The van der Waals surface area contributed by atoms with Gasteiger partial charge in [0.2, 0.25) is 0 Å². The summed E-state index contributed by atoms with van der Waals surface area (Å²) < 4.78 is 42.5. The molecule has 2 aliphatic rings. The fraction of sp³-hybridized carbons (Fsp3) is 0.833. The fourth-order valence-corrected chi connectivity index (χ4v) is 3.12. The van der Waals surface area contributed by atoms with Crippen LogP contribution >= 0.6 is 0 Å². The summed E-state index contributed by atoms with van der Waals surface area (Å²) in [6.07, 6.45) is -3.66. The molecule has 0 aromatic carbocycles. The lowest BCUT2D eigenvalue weighted by Crippen LogP contribution is -2.56. The van der Waals surface area contributed by atoms with Gasteiger partial charge >= 0.3 is 18.1 Å². The maximum atomic E-state index is 12.4. The largest absolute Gasteiger partial charge is 0.481 e. The van der Waals surface area contributed by atoms with Crippen LogP contribution in [0.1, 0.15) is 19.3 Å². The highest BCUT2D eigenvalue weighted by Crippen LogP contribution is 2.45. The number of aliphatic carboxylic acids is 1. The van der Waals surface area contributed by atoms with Crippen LogP contribution in [0.3, 0.4) is 0 Å². The Morgan fingerprint density at radius 1 is 1.20 bits per heavy atom. The predicted molar refractivity (Wildman–Crippen MR) is 60.9 cm³/mol. The fourth-order valence-electron chi connectivity index (χ4n) is 3.12. The third-order valence-corrected chi connectivity index (χ3v) is 4.34. The molecule has 2 rings (SSSR count). The number of alkyl halides is 3. The van der Waals surface area contributed by atoms with E-state index in [0.29, 0.717) is 31.0 Å². The minimum Gasteiger partial charge on any atom is -0.481 e. The Hall–Kier alpha value is -1.31. The molecule has 2 aliphatic heterocycles. The molecule has 8 heteroatoms. The number of likely N-dealkylation sites (tertiary alicyclic amines) is 1. The van der Waals surface area contributed by atoms with Gasteiger partial charge in [0.15, 0.2) is 0 Å². The first-order valence-electron chi connectivity index (χ1n) is 6.43. The number of nitrogens with zero attached hydrogens (tertiary/aromatic N) is 1. The first kappa shape index (κ1) is 15.1. The van der Waals surface area contributed by atoms with Crippen LogP contribution in [0.4, 0.5) is 13.2 Å². The summed E-state index contributed by atoms with van der Waals surface area (Å²) in [6.45, 7) is 0.393. The summed E-state index contributed by atoms with van der Waals surface area (Å²) in [4.78, 5) is 23.2. The SMILES string of the molecule is O=C(O)C1CN(C(=O)C(F)(F)F)CCC12CCOCC2. The molecule has 0 bridgehead atoms. The Labute approximate surface area is 113 Å². The summed E-state index contributed by atoms with van der Waals surface area (Å²) in [5.41, 5.74) is -0.549. The van der Waals surface area contributed by atoms with Crippen LogP contribution in [-0.2, 0) is 14.3 Å². The lowest BCUT2D eigenvalue weighted by atomic mass is 9.65. The molecule has 0 radical (unpaired) electrons. The van der Waals surface area contributed by atoms with E-state index in [1.165, 1.54) is 0 Å². The number of ether oxygens (including phenoxy) is 1. The summed E-state index contributed by atoms with van der Waals surface area (Å²) in [5.74, 6) is -4.07. The second-order valence-electron chi connectivity index (χ2n) is 5.36. The van der Waals surface area contributed by atoms with Crippen molar-refractivity contribution < 1.29 is 32.6 Å². The maximum absolute atomic E-state index is 12.4. The Morgan fingerprint density at radius 3 is 2.30 bits per heavy atom. The predicted octanol–water partition coefficient (Wildman–Crippen LogP) is 1.28. The molecule has 114 valence electrons. The number of carbonyl (C=O) groups is 2. The Morgan fingerprint density at radius 2 is 1.80 bits per heavy atom. The number of carbonyl (C=O) groups excluding carboxylic acids is 1. The lowest BCUT2D eigenvalue weighted by molar-refractivity contribution is -0.192. The highest BCUT2D eigenvalue weighted by Gasteiger charge is 2.51. The van der Waals surface area contributed by atoms with Gasteiger partial charge in [-0.15, -0.1) is 0 Å². The standard InChI is InChI=1S/C12H16F3NO4/c13-12(14,15)10(19)16-4-1-11(2-5-20-6-3-11)8(7-16)9(17)18/h8H,1-7H2,(H,17,18). The second kappa shape index (κ2) is 5.23. The molecule has 20 heavy (non-hydrogen) atoms.